The number of rotatable bonds is 5. The molecule has 0 atom stereocenters. The molecule has 0 fully saturated rings. The third kappa shape index (κ3) is 4.06. The monoisotopic (exact) mass is 353 g/mol. The summed E-state index contributed by atoms with van der Waals surface area (Å²) in [5.74, 6) is -0.684. The third-order valence-electron chi connectivity index (χ3n) is 4.05. The second-order valence-electron chi connectivity index (χ2n) is 5.90. The number of hydrogen-bond donors (Lipinski definition) is 0. The van der Waals surface area contributed by atoms with E-state index in [1.807, 2.05) is 55.5 Å². The Hall–Kier alpha value is -2.66. The first-order valence-corrected chi connectivity index (χ1v) is 8.80. The molecular formula is C20H19NO3S. The number of likely N-dealkylation sites (N-methyl/N-ethyl adjacent to an activating group) is 1. The van der Waals surface area contributed by atoms with E-state index < -0.39 is 5.97 Å². The van der Waals surface area contributed by atoms with Crippen molar-refractivity contribution in [3.05, 3.63) is 70.6 Å². The van der Waals surface area contributed by atoms with Gasteiger partial charge in [-0.1, -0.05) is 42.5 Å². The van der Waals surface area contributed by atoms with Gasteiger partial charge in [0.05, 0.1) is 0 Å². The lowest BCUT2D eigenvalue weighted by Crippen LogP contribution is -2.31. The van der Waals surface area contributed by atoms with Gasteiger partial charge in [0.2, 0.25) is 0 Å². The summed E-state index contributed by atoms with van der Waals surface area (Å²) in [6, 6.07) is 17.5. The van der Waals surface area contributed by atoms with Crippen molar-refractivity contribution in [2.45, 2.75) is 13.5 Å². The largest absolute Gasteiger partial charge is 0.451 e. The lowest BCUT2D eigenvalue weighted by Gasteiger charge is -2.18. The summed E-state index contributed by atoms with van der Waals surface area (Å²) in [7, 11) is 1.71. The van der Waals surface area contributed by atoms with Gasteiger partial charge in [-0.3, -0.25) is 4.79 Å². The third-order valence-corrected chi connectivity index (χ3v) is 5.14. The number of aryl methyl sites for hydroxylation is 1. The van der Waals surface area contributed by atoms with Crippen LogP contribution in [0.3, 0.4) is 0 Å². The van der Waals surface area contributed by atoms with Crippen molar-refractivity contribution in [3.63, 3.8) is 0 Å². The van der Waals surface area contributed by atoms with E-state index in [0.717, 1.165) is 21.2 Å². The fourth-order valence-electron chi connectivity index (χ4n) is 2.52. The van der Waals surface area contributed by atoms with Crippen LogP contribution in [-0.4, -0.2) is 30.4 Å². The van der Waals surface area contributed by atoms with Crippen molar-refractivity contribution in [2.24, 2.45) is 0 Å². The molecule has 1 amide bonds. The predicted octanol–water partition coefficient (Wildman–Crippen LogP) is 4.03. The van der Waals surface area contributed by atoms with E-state index in [0.29, 0.717) is 11.4 Å². The summed E-state index contributed by atoms with van der Waals surface area (Å²) < 4.78 is 6.21. The van der Waals surface area contributed by atoms with E-state index in [-0.39, 0.29) is 12.5 Å². The van der Waals surface area contributed by atoms with E-state index in [9.17, 15) is 9.59 Å². The van der Waals surface area contributed by atoms with Gasteiger partial charge in [-0.25, -0.2) is 4.79 Å². The van der Waals surface area contributed by atoms with Crippen LogP contribution in [0, 0.1) is 6.92 Å². The van der Waals surface area contributed by atoms with Gasteiger partial charge in [0, 0.05) is 18.3 Å². The van der Waals surface area contributed by atoms with Crippen LogP contribution in [0.1, 0.15) is 20.8 Å². The number of amides is 1. The summed E-state index contributed by atoms with van der Waals surface area (Å²) in [5.41, 5.74) is 2.21. The highest BCUT2D eigenvalue weighted by atomic mass is 32.1. The van der Waals surface area contributed by atoms with Gasteiger partial charge in [0.25, 0.3) is 5.91 Å². The highest BCUT2D eigenvalue weighted by Gasteiger charge is 2.16. The average Bonchev–Trinajstić information content (AvgIpc) is 3.05. The molecule has 0 aliphatic rings. The molecule has 3 aromatic rings. The summed E-state index contributed by atoms with van der Waals surface area (Å²) in [4.78, 5) is 26.5. The summed E-state index contributed by atoms with van der Waals surface area (Å²) in [6.45, 7) is 2.25. The number of thiophene rings is 1. The van der Waals surface area contributed by atoms with Gasteiger partial charge in [-0.05, 0) is 35.6 Å². The molecule has 3 rings (SSSR count). The Kier molecular flexibility index (Phi) is 5.14. The number of nitrogens with zero attached hydrogens (tertiary/aromatic N) is 1. The van der Waals surface area contributed by atoms with Crippen molar-refractivity contribution in [2.75, 3.05) is 13.7 Å². The van der Waals surface area contributed by atoms with Gasteiger partial charge >= 0.3 is 5.97 Å². The van der Waals surface area contributed by atoms with Crippen molar-refractivity contribution >= 4 is 33.3 Å². The Morgan fingerprint density at radius 3 is 2.56 bits per heavy atom. The Morgan fingerprint density at radius 2 is 1.80 bits per heavy atom. The van der Waals surface area contributed by atoms with E-state index in [4.69, 9.17) is 4.74 Å². The smallest absolute Gasteiger partial charge is 0.348 e. The fraction of sp³-hybridized carbons (Fsp3) is 0.200. The fourth-order valence-corrected chi connectivity index (χ4v) is 3.48. The highest BCUT2D eigenvalue weighted by molar-refractivity contribution is 7.20. The molecule has 0 aliphatic heterocycles. The van der Waals surface area contributed by atoms with Crippen molar-refractivity contribution in [1.29, 1.82) is 0 Å². The Balaban J connectivity index is 1.57. The van der Waals surface area contributed by atoms with Crippen LogP contribution in [0.25, 0.3) is 10.1 Å². The highest BCUT2D eigenvalue weighted by Crippen LogP contribution is 2.25. The standard InChI is InChI=1S/C20H19NO3S/c1-14-7-3-4-9-16(14)12-21(2)19(22)13-24-20(23)18-11-15-8-5-6-10-17(15)25-18/h3-11H,12-13H2,1-2H3. The van der Waals surface area contributed by atoms with E-state index in [2.05, 4.69) is 0 Å². The summed E-state index contributed by atoms with van der Waals surface area (Å²) in [5, 5.41) is 1.00. The number of hydrogen-bond acceptors (Lipinski definition) is 4. The van der Waals surface area contributed by atoms with E-state index in [1.54, 1.807) is 18.0 Å². The zero-order valence-corrected chi connectivity index (χ0v) is 15.0. The summed E-state index contributed by atoms with van der Waals surface area (Å²) >= 11 is 1.37. The molecular weight excluding hydrogens is 334 g/mol. The molecule has 0 saturated carbocycles. The first kappa shape index (κ1) is 17.2. The molecule has 0 aliphatic carbocycles. The Labute approximate surface area is 150 Å². The first-order chi connectivity index (χ1) is 12.0. The second kappa shape index (κ2) is 7.49. The minimum absolute atomic E-state index is 0.224. The van der Waals surface area contributed by atoms with Gasteiger partial charge in [0.1, 0.15) is 4.88 Å². The maximum absolute atomic E-state index is 12.2. The molecule has 1 heterocycles. The quantitative estimate of drug-likeness (QED) is 0.651. The average molecular weight is 353 g/mol. The molecule has 2 aromatic carbocycles. The van der Waals surface area contributed by atoms with Crippen LogP contribution < -0.4 is 0 Å². The van der Waals surface area contributed by atoms with Crippen LogP contribution in [0.5, 0.6) is 0 Å². The summed E-state index contributed by atoms with van der Waals surface area (Å²) in [6.07, 6.45) is 0. The molecule has 1 aromatic heterocycles. The maximum atomic E-state index is 12.2. The lowest BCUT2D eigenvalue weighted by atomic mass is 10.1. The van der Waals surface area contributed by atoms with Crippen LogP contribution in [0.15, 0.2) is 54.6 Å². The number of benzene rings is 2. The first-order valence-electron chi connectivity index (χ1n) is 7.99. The molecule has 0 unspecified atom stereocenters. The normalized spacial score (nSPS) is 10.6. The number of carbonyl (C=O) groups is 2. The molecule has 128 valence electrons. The van der Waals surface area contributed by atoms with Crippen molar-refractivity contribution in [1.82, 2.24) is 4.90 Å². The number of ether oxygens (including phenoxy) is 1. The van der Waals surface area contributed by atoms with Crippen LogP contribution in [0.2, 0.25) is 0 Å². The SMILES string of the molecule is Cc1ccccc1CN(C)C(=O)COC(=O)c1cc2ccccc2s1. The lowest BCUT2D eigenvalue weighted by molar-refractivity contribution is -0.133. The van der Waals surface area contributed by atoms with Gasteiger partial charge < -0.3 is 9.64 Å². The van der Waals surface area contributed by atoms with Crippen molar-refractivity contribution in [3.8, 4) is 0 Å². The number of carbonyl (C=O) groups excluding carboxylic acids is 2. The second-order valence-corrected chi connectivity index (χ2v) is 6.98. The van der Waals surface area contributed by atoms with Gasteiger partial charge in [0.15, 0.2) is 6.61 Å². The van der Waals surface area contributed by atoms with E-state index >= 15 is 0 Å². The molecule has 0 spiro atoms. The Morgan fingerprint density at radius 1 is 1.08 bits per heavy atom. The number of esters is 1. The van der Waals surface area contributed by atoms with Gasteiger partial charge in [-0.2, -0.15) is 0 Å². The minimum Gasteiger partial charge on any atom is -0.451 e. The number of fused-ring (bicyclic) bond motifs is 1. The predicted molar refractivity (Wildman–Crippen MR) is 99.8 cm³/mol. The molecule has 0 radical (unpaired) electrons. The molecule has 5 heteroatoms. The molecule has 0 saturated heterocycles. The zero-order valence-electron chi connectivity index (χ0n) is 14.2. The molecule has 0 N–H and O–H groups in total. The minimum atomic E-state index is -0.459. The van der Waals surface area contributed by atoms with Crippen molar-refractivity contribution < 1.29 is 14.3 Å². The maximum Gasteiger partial charge on any atom is 0.348 e. The van der Waals surface area contributed by atoms with Crippen LogP contribution in [-0.2, 0) is 16.1 Å². The van der Waals surface area contributed by atoms with E-state index in [1.165, 1.54) is 11.3 Å². The molecule has 4 nitrogen and oxygen atoms in total. The zero-order chi connectivity index (χ0) is 17.8. The Bertz CT molecular complexity index is 883. The van der Waals surface area contributed by atoms with Gasteiger partial charge in [-0.15, -0.1) is 11.3 Å². The topological polar surface area (TPSA) is 46.6 Å². The molecule has 25 heavy (non-hydrogen) atoms. The van der Waals surface area contributed by atoms with Crippen LogP contribution in [0.4, 0.5) is 0 Å². The van der Waals surface area contributed by atoms with Crippen LogP contribution >= 0.6 is 11.3 Å². The molecule has 0 bridgehead atoms.